The Bertz CT molecular complexity index is 1010. The Morgan fingerprint density at radius 1 is 1.00 bits per heavy atom. The zero-order valence-corrected chi connectivity index (χ0v) is 14.9. The number of para-hydroxylation sites is 1. The molecule has 27 heavy (non-hydrogen) atoms. The predicted octanol–water partition coefficient (Wildman–Crippen LogP) is 3.02. The fourth-order valence-electron chi connectivity index (χ4n) is 3.75. The second kappa shape index (κ2) is 6.33. The molecule has 2 aromatic heterocycles. The van der Waals surface area contributed by atoms with Gasteiger partial charge in [0.25, 0.3) is 11.7 Å². The topological polar surface area (TPSA) is 92.1 Å². The van der Waals surface area contributed by atoms with Gasteiger partial charge in [0, 0.05) is 42.0 Å². The highest BCUT2D eigenvalue weighted by molar-refractivity contribution is 6.44. The van der Waals surface area contributed by atoms with Crippen LogP contribution in [0.1, 0.15) is 59.7 Å². The van der Waals surface area contributed by atoms with Crippen molar-refractivity contribution in [3.8, 4) is 0 Å². The summed E-state index contributed by atoms with van der Waals surface area (Å²) in [6.07, 6.45) is 5.35. The SMILES string of the molecule is O=C(C(=O)N1CCC(c2nnc(C3CC3)o2)CC1)c1c[nH]c2ccccc12. The highest BCUT2D eigenvalue weighted by atomic mass is 16.4. The fourth-order valence-corrected chi connectivity index (χ4v) is 3.75. The van der Waals surface area contributed by atoms with Crippen molar-refractivity contribution in [1.82, 2.24) is 20.1 Å². The van der Waals surface area contributed by atoms with Crippen LogP contribution in [-0.4, -0.2) is 44.9 Å². The van der Waals surface area contributed by atoms with Gasteiger partial charge in [0.1, 0.15) is 0 Å². The van der Waals surface area contributed by atoms with Crippen LogP contribution in [0.3, 0.4) is 0 Å². The lowest BCUT2D eigenvalue weighted by Gasteiger charge is -2.29. The van der Waals surface area contributed by atoms with Crippen LogP contribution < -0.4 is 0 Å². The Balaban J connectivity index is 1.26. The molecular formula is C20H20N4O3. The number of benzene rings is 1. The van der Waals surface area contributed by atoms with Gasteiger partial charge in [-0.3, -0.25) is 9.59 Å². The third-order valence-corrected chi connectivity index (χ3v) is 5.54. The van der Waals surface area contributed by atoms with Gasteiger partial charge in [-0.25, -0.2) is 0 Å². The van der Waals surface area contributed by atoms with E-state index in [9.17, 15) is 9.59 Å². The largest absolute Gasteiger partial charge is 0.425 e. The number of rotatable bonds is 4. The number of hydrogen-bond acceptors (Lipinski definition) is 5. The molecule has 2 fully saturated rings. The van der Waals surface area contributed by atoms with Crippen molar-refractivity contribution < 1.29 is 14.0 Å². The Labute approximate surface area is 155 Å². The Morgan fingerprint density at radius 3 is 2.37 bits per heavy atom. The number of ketones is 1. The maximum Gasteiger partial charge on any atom is 0.295 e. The molecule has 7 nitrogen and oxygen atoms in total. The van der Waals surface area contributed by atoms with Gasteiger partial charge in [-0.1, -0.05) is 18.2 Å². The number of hydrogen-bond donors (Lipinski definition) is 1. The smallest absolute Gasteiger partial charge is 0.295 e. The minimum absolute atomic E-state index is 0.164. The highest BCUT2D eigenvalue weighted by Gasteiger charge is 2.33. The lowest BCUT2D eigenvalue weighted by atomic mass is 9.96. The maximum absolute atomic E-state index is 12.7. The number of amides is 1. The molecule has 3 aromatic rings. The van der Waals surface area contributed by atoms with Gasteiger partial charge in [-0.05, 0) is 31.7 Å². The predicted molar refractivity (Wildman–Crippen MR) is 97.5 cm³/mol. The van der Waals surface area contributed by atoms with E-state index in [4.69, 9.17) is 4.42 Å². The molecule has 0 spiro atoms. The quantitative estimate of drug-likeness (QED) is 0.567. The van der Waals surface area contributed by atoms with E-state index in [1.54, 1.807) is 11.1 Å². The summed E-state index contributed by atoms with van der Waals surface area (Å²) in [6.45, 7) is 1.05. The first-order valence-electron chi connectivity index (χ1n) is 9.43. The van der Waals surface area contributed by atoms with Crippen molar-refractivity contribution in [3.63, 3.8) is 0 Å². The first-order chi connectivity index (χ1) is 13.2. The number of piperidine rings is 1. The van der Waals surface area contributed by atoms with Crippen LogP contribution in [-0.2, 0) is 4.79 Å². The Hall–Kier alpha value is -2.96. The van der Waals surface area contributed by atoms with Crippen LogP contribution in [0.4, 0.5) is 0 Å². The minimum atomic E-state index is -0.459. The molecular weight excluding hydrogens is 344 g/mol. The number of likely N-dealkylation sites (tertiary alicyclic amines) is 1. The molecule has 0 unspecified atom stereocenters. The summed E-state index contributed by atoms with van der Waals surface area (Å²) in [4.78, 5) is 30.1. The monoisotopic (exact) mass is 364 g/mol. The number of carbonyl (C=O) groups excluding carboxylic acids is 2. The summed E-state index contributed by atoms with van der Waals surface area (Å²) < 4.78 is 5.80. The van der Waals surface area contributed by atoms with Crippen LogP contribution in [0.5, 0.6) is 0 Å². The van der Waals surface area contributed by atoms with Crippen molar-refractivity contribution >= 4 is 22.6 Å². The van der Waals surface area contributed by atoms with E-state index < -0.39 is 11.7 Å². The number of Topliss-reactive ketones (excluding diaryl/α,β-unsaturated/α-hetero) is 1. The van der Waals surface area contributed by atoms with Gasteiger partial charge >= 0.3 is 0 Å². The summed E-state index contributed by atoms with van der Waals surface area (Å²) in [5.41, 5.74) is 1.29. The highest BCUT2D eigenvalue weighted by Crippen LogP contribution is 2.40. The van der Waals surface area contributed by atoms with Crippen molar-refractivity contribution in [1.29, 1.82) is 0 Å². The van der Waals surface area contributed by atoms with Crippen molar-refractivity contribution in [2.24, 2.45) is 0 Å². The number of carbonyl (C=O) groups is 2. The van der Waals surface area contributed by atoms with E-state index in [1.807, 2.05) is 24.3 Å². The van der Waals surface area contributed by atoms with Gasteiger partial charge < -0.3 is 14.3 Å². The molecule has 1 aromatic carbocycles. The summed E-state index contributed by atoms with van der Waals surface area (Å²) in [7, 11) is 0. The molecule has 0 bridgehead atoms. The molecule has 1 aliphatic carbocycles. The summed E-state index contributed by atoms with van der Waals surface area (Å²) in [5.74, 6) is 1.13. The van der Waals surface area contributed by atoms with Crippen LogP contribution >= 0.6 is 0 Å². The lowest BCUT2D eigenvalue weighted by Crippen LogP contribution is -2.41. The maximum atomic E-state index is 12.7. The lowest BCUT2D eigenvalue weighted by molar-refractivity contribution is -0.127. The van der Waals surface area contributed by atoms with Gasteiger partial charge in [-0.2, -0.15) is 0 Å². The molecule has 1 amide bonds. The van der Waals surface area contributed by atoms with E-state index in [2.05, 4.69) is 15.2 Å². The van der Waals surface area contributed by atoms with E-state index in [1.165, 1.54) is 0 Å². The van der Waals surface area contributed by atoms with Crippen molar-refractivity contribution in [2.45, 2.75) is 37.5 Å². The molecule has 0 atom stereocenters. The molecule has 1 aliphatic heterocycles. The molecule has 0 radical (unpaired) electrons. The number of fused-ring (bicyclic) bond motifs is 1. The Kier molecular flexibility index (Phi) is 3.81. The molecule has 1 N–H and O–H groups in total. The van der Waals surface area contributed by atoms with Crippen LogP contribution in [0.25, 0.3) is 10.9 Å². The molecule has 7 heteroatoms. The number of nitrogens with one attached hydrogen (secondary N) is 1. The van der Waals surface area contributed by atoms with Crippen LogP contribution in [0, 0.1) is 0 Å². The number of nitrogens with zero attached hydrogens (tertiary/aromatic N) is 3. The minimum Gasteiger partial charge on any atom is -0.425 e. The van der Waals surface area contributed by atoms with Crippen LogP contribution in [0.2, 0.25) is 0 Å². The summed E-state index contributed by atoms with van der Waals surface area (Å²) in [5, 5.41) is 9.12. The molecule has 1 saturated heterocycles. The molecule has 1 saturated carbocycles. The van der Waals surface area contributed by atoms with Crippen molar-refractivity contribution in [2.75, 3.05) is 13.1 Å². The molecule has 138 valence electrons. The van der Waals surface area contributed by atoms with Crippen LogP contribution in [0.15, 0.2) is 34.9 Å². The van der Waals surface area contributed by atoms with Crippen molar-refractivity contribution in [3.05, 3.63) is 47.8 Å². The van der Waals surface area contributed by atoms with E-state index in [-0.39, 0.29) is 5.92 Å². The summed E-state index contributed by atoms with van der Waals surface area (Å²) >= 11 is 0. The second-order valence-electron chi connectivity index (χ2n) is 7.40. The number of aromatic nitrogens is 3. The zero-order chi connectivity index (χ0) is 18.4. The molecule has 3 heterocycles. The Morgan fingerprint density at radius 2 is 1.67 bits per heavy atom. The van der Waals surface area contributed by atoms with Gasteiger partial charge in [0.2, 0.25) is 11.8 Å². The third kappa shape index (κ3) is 2.93. The molecule has 2 aliphatic rings. The normalized spacial score (nSPS) is 18.1. The fraction of sp³-hybridized carbons (Fsp3) is 0.400. The molecule has 5 rings (SSSR count). The zero-order valence-electron chi connectivity index (χ0n) is 14.9. The van der Waals surface area contributed by atoms with E-state index in [0.29, 0.717) is 30.5 Å². The summed E-state index contributed by atoms with van der Waals surface area (Å²) in [6, 6.07) is 7.50. The number of aromatic amines is 1. The average molecular weight is 364 g/mol. The van der Waals surface area contributed by atoms with E-state index in [0.717, 1.165) is 42.5 Å². The third-order valence-electron chi connectivity index (χ3n) is 5.54. The number of H-pyrrole nitrogens is 1. The van der Waals surface area contributed by atoms with E-state index >= 15 is 0 Å². The van der Waals surface area contributed by atoms with Gasteiger partial charge in [-0.15, -0.1) is 10.2 Å². The standard InChI is InChI=1S/C20H20N4O3/c25-17(15-11-21-16-4-2-1-3-14(15)16)20(26)24-9-7-13(8-10-24)19-23-22-18(27-19)12-5-6-12/h1-4,11-13,21H,5-10H2. The van der Waals surface area contributed by atoms with Gasteiger partial charge in [0.15, 0.2) is 0 Å². The first kappa shape index (κ1) is 16.2. The van der Waals surface area contributed by atoms with Gasteiger partial charge in [0.05, 0.1) is 5.56 Å². The average Bonchev–Trinajstić information content (AvgIpc) is 3.29. The first-order valence-corrected chi connectivity index (χ1v) is 9.43. The second-order valence-corrected chi connectivity index (χ2v) is 7.40.